The molecule has 3 aromatic heterocycles. The Morgan fingerprint density at radius 2 is 1.52 bits per heavy atom. The first-order valence-electron chi connectivity index (χ1n) is 12.5. The summed E-state index contributed by atoms with van der Waals surface area (Å²) in [7, 11) is 0.613. The number of nitrogens with zero attached hydrogens (tertiary/aromatic N) is 2. The number of hydrogen-bond acceptors (Lipinski definition) is 0. The molecule has 0 unspecified atom stereocenters. The van der Waals surface area contributed by atoms with Crippen LogP contribution in [0.4, 0.5) is 0 Å². The van der Waals surface area contributed by atoms with Gasteiger partial charge in [0.2, 0.25) is 5.52 Å². The number of rotatable bonds is 4. The highest BCUT2D eigenvalue weighted by Crippen LogP contribution is 2.41. The molecule has 3 heterocycles. The Bertz CT molecular complexity index is 1690. The number of aryl methyl sites for hydroxylation is 3. The third kappa shape index (κ3) is 2.46. The standard InChI is InChI=1S/C30H33N2Si/c1-7-33(8-2,9-3)25-15-11-13-22-23-16-17-31(6)30-26-20(5)19(4)18-21-12-10-14-24(27(21)26)32(28(22)25)29(23)30/h10-18H,7-9H2,1-6H3/q+1. The minimum Gasteiger partial charge on any atom is -0.303 e. The van der Waals surface area contributed by atoms with Gasteiger partial charge in [-0.05, 0) is 41.6 Å². The van der Waals surface area contributed by atoms with E-state index in [0.717, 1.165) is 0 Å². The number of aromatic nitrogens is 2. The van der Waals surface area contributed by atoms with Crippen molar-refractivity contribution in [2.75, 3.05) is 0 Å². The summed E-state index contributed by atoms with van der Waals surface area (Å²) in [5, 5.41) is 8.60. The van der Waals surface area contributed by atoms with Crippen molar-refractivity contribution in [1.82, 2.24) is 4.40 Å². The minimum absolute atomic E-state index is 1.29. The minimum atomic E-state index is -1.60. The van der Waals surface area contributed by atoms with Crippen LogP contribution in [0.3, 0.4) is 0 Å². The Hall–Kier alpha value is -2.91. The molecule has 3 heteroatoms. The molecule has 166 valence electrons. The predicted octanol–water partition coefficient (Wildman–Crippen LogP) is 7.15. The Morgan fingerprint density at radius 1 is 0.818 bits per heavy atom. The van der Waals surface area contributed by atoms with E-state index < -0.39 is 8.07 Å². The fourth-order valence-corrected chi connectivity index (χ4v) is 10.5. The smallest absolute Gasteiger partial charge is 0.238 e. The fraction of sp³-hybridized carbons (Fsp3) is 0.300. The molecule has 0 aliphatic rings. The van der Waals surface area contributed by atoms with Crippen molar-refractivity contribution < 1.29 is 4.57 Å². The van der Waals surface area contributed by atoms with Crippen LogP contribution in [0.25, 0.3) is 49.0 Å². The molecule has 33 heavy (non-hydrogen) atoms. The molecule has 0 atom stereocenters. The van der Waals surface area contributed by atoms with E-state index in [1.807, 2.05) is 0 Å². The van der Waals surface area contributed by atoms with Crippen LogP contribution < -0.4 is 9.75 Å². The Balaban J connectivity index is 2.03. The topological polar surface area (TPSA) is 8.29 Å². The molecule has 2 nitrogen and oxygen atoms in total. The fourth-order valence-electron chi connectivity index (χ4n) is 6.64. The molecule has 0 saturated heterocycles. The lowest BCUT2D eigenvalue weighted by Gasteiger charge is -2.29. The van der Waals surface area contributed by atoms with Gasteiger partial charge in [0.25, 0.3) is 0 Å². The molecular formula is C30H33N2Si+. The molecule has 0 bridgehead atoms. The third-order valence-corrected chi connectivity index (χ3v) is 14.4. The molecule has 0 fully saturated rings. The maximum atomic E-state index is 2.64. The zero-order valence-electron chi connectivity index (χ0n) is 20.7. The van der Waals surface area contributed by atoms with E-state index in [1.54, 1.807) is 5.19 Å². The monoisotopic (exact) mass is 449 g/mol. The molecule has 0 aliphatic carbocycles. The Morgan fingerprint density at radius 3 is 2.24 bits per heavy atom. The summed E-state index contributed by atoms with van der Waals surface area (Å²) >= 11 is 0. The van der Waals surface area contributed by atoms with E-state index in [2.05, 4.69) is 105 Å². The number of fused-ring (bicyclic) bond motifs is 5. The third-order valence-electron chi connectivity index (χ3n) is 8.81. The van der Waals surface area contributed by atoms with E-state index in [9.17, 15) is 0 Å². The van der Waals surface area contributed by atoms with Crippen molar-refractivity contribution in [3.05, 3.63) is 65.9 Å². The summed E-state index contributed by atoms with van der Waals surface area (Å²) in [6.07, 6.45) is 2.26. The molecule has 0 radical (unpaired) electrons. The zero-order valence-corrected chi connectivity index (χ0v) is 21.7. The summed E-state index contributed by atoms with van der Waals surface area (Å²) < 4.78 is 4.99. The summed E-state index contributed by atoms with van der Waals surface area (Å²) in [4.78, 5) is 0. The van der Waals surface area contributed by atoms with Crippen LogP contribution in [-0.2, 0) is 7.05 Å². The van der Waals surface area contributed by atoms with Crippen LogP contribution in [0, 0.1) is 13.8 Å². The highest BCUT2D eigenvalue weighted by molar-refractivity contribution is 6.93. The lowest BCUT2D eigenvalue weighted by Crippen LogP contribution is -2.46. The number of para-hydroxylation sites is 1. The van der Waals surface area contributed by atoms with Crippen molar-refractivity contribution in [2.45, 2.75) is 52.8 Å². The van der Waals surface area contributed by atoms with Gasteiger partial charge >= 0.3 is 0 Å². The average Bonchev–Trinajstić information content (AvgIpc) is 3.17. The molecule has 6 aromatic rings. The largest absolute Gasteiger partial charge is 0.303 e. The second kappa shape index (κ2) is 7.04. The summed E-state index contributed by atoms with van der Waals surface area (Å²) in [5.74, 6) is 0. The molecule has 3 aromatic carbocycles. The van der Waals surface area contributed by atoms with Gasteiger partial charge < -0.3 is 4.40 Å². The maximum absolute atomic E-state index is 2.64. The van der Waals surface area contributed by atoms with Gasteiger partial charge in [0, 0.05) is 22.2 Å². The van der Waals surface area contributed by atoms with Gasteiger partial charge in [-0.25, -0.2) is 0 Å². The first kappa shape index (κ1) is 20.7. The van der Waals surface area contributed by atoms with E-state index in [4.69, 9.17) is 0 Å². The van der Waals surface area contributed by atoms with Crippen molar-refractivity contribution in [2.24, 2.45) is 7.05 Å². The zero-order chi connectivity index (χ0) is 23.1. The molecule has 6 rings (SSSR count). The van der Waals surface area contributed by atoms with E-state index in [-0.39, 0.29) is 0 Å². The van der Waals surface area contributed by atoms with E-state index in [0.29, 0.717) is 0 Å². The Labute approximate surface area is 196 Å². The number of hydrogen-bond donors (Lipinski definition) is 0. The summed E-state index contributed by atoms with van der Waals surface area (Å²) in [6, 6.07) is 22.6. The highest BCUT2D eigenvalue weighted by Gasteiger charge is 2.34. The molecule has 0 N–H and O–H groups in total. The van der Waals surface area contributed by atoms with Gasteiger partial charge in [-0.1, -0.05) is 75.3 Å². The molecule has 0 saturated carbocycles. The average molecular weight is 450 g/mol. The van der Waals surface area contributed by atoms with Crippen molar-refractivity contribution >= 4 is 62.3 Å². The Kier molecular flexibility index (Phi) is 4.41. The van der Waals surface area contributed by atoms with Crippen LogP contribution in [0.2, 0.25) is 18.1 Å². The summed E-state index contributed by atoms with van der Waals surface area (Å²) in [5.41, 5.74) is 8.32. The first-order valence-corrected chi connectivity index (χ1v) is 15.1. The molecule has 0 amide bonds. The maximum Gasteiger partial charge on any atom is 0.238 e. The quantitative estimate of drug-likeness (QED) is 0.117. The summed E-state index contributed by atoms with van der Waals surface area (Å²) in [6.45, 7) is 11.8. The molecule has 0 aliphatic heterocycles. The van der Waals surface area contributed by atoms with Gasteiger partial charge in [0.15, 0.2) is 6.20 Å². The van der Waals surface area contributed by atoms with Crippen molar-refractivity contribution in [3.8, 4) is 0 Å². The predicted molar refractivity (Wildman–Crippen MR) is 146 cm³/mol. The van der Waals surface area contributed by atoms with Gasteiger partial charge in [-0.3, -0.25) is 0 Å². The van der Waals surface area contributed by atoms with Crippen LogP contribution in [-0.4, -0.2) is 12.5 Å². The van der Waals surface area contributed by atoms with E-state index in [1.165, 1.54) is 78.3 Å². The van der Waals surface area contributed by atoms with Gasteiger partial charge in [0.05, 0.1) is 24.5 Å². The highest BCUT2D eigenvalue weighted by atomic mass is 28.3. The van der Waals surface area contributed by atoms with Crippen LogP contribution in [0.5, 0.6) is 0 Å². The van der Waals surface area contributed by atoms with Gasteiger partial charge in [-0.15, -0.1) is 0 Å². The van der Waals surface area contributed by atoms with Crippen LogP contribution in [0.1, 0.15) is 31.9 Å². The first-order chi connectivity index (χ1) is 16.0. The van der Waals surface area contributed by atoms with Crippen molar-refractivity contribution in [1.29, 1.82) is 0 Å². The van der Waals surface area contributed by atoms with E-state index >= 15 is 0 Å². The molecule has 0 spiro atoms. The lowest BCUT2D eigenvalue weighted by molar-refractivity contribution is -0.644. The normalized spacial score (nSPS) is 12.9. The van der Waals surface area contributed by atoms with Gasteiger partial charge in [-0.2, -0.15) is 4.57 Å². The lowest BCUT2D eigenvalue weighted by atomic mass is 9.94. The number of benzene rings is 3. The number of pyridine rings is 2. The van der Waals surface area contributed by atoms with Crippen LogP contribution >= 0.6 is 0 Å². The SMILES string of the molecule is CC[Si](CC)(CC)c1cccc2c3cc[n+](C)c4c5c(C)c(C)cc6cccc(c65)n(c12)c34. The van der Waals surface area contributed by atoms with Gasteiger partial charge in [0.1, 0.15) is 12.6 Å². The van der Waals surface area contributed by atoms with Crippen molar-refractivity contribution in [3.63, 3.8) is 0 Å². The molecular weight excluding hydrogens is 416 g/mol. The second-order valence-corrected chi connectivity index (χ2v) is 15.2. The second-order valence-electron chi connectivity index (χ2n) is 9.98. The van der Waals surface area contributed by atoms with Crippen LogP contribution in [0.15, 0.2) is 54.7 Å².